The Morgan fingerprint density at radius 3 is 2.41 bits per heavy atom. The number of sulfonamides is 1. The zero-order valence-electron chi connectivity index (χ0n) is 11.9. The van der Waals surface area contributed by atoms with Gasteiger partial charge < -0.3 is 5.11 Å². The van der Waals surface area contributed by atoms with Crippen LogP contribution in [0.3, 0.4) is 0 Å². The average molecular weight is 328 g/mol. The molecule has 0 aliphatic heterocycles. The first-order chi connectivity index (χ1) is 10.2. The number of likely N-dealkylation sites (N-methyl/N-ethyl adjacent to an activating group) is 1. The van der Waals surface area contributed by atoms with Crippen LogP contribution in [0.2, 0.25) is 0 Å². The summed E-state index contributed by atoms with van der Waals surface area (Å²) in [4.78, 5) is 21.0. The van der Waals surface area contributed by atoms with E-state index in [2.05, 4.69) is 6.58 Å². The van der Waals surface area contributed by atoms with Crippen LogP contribution in [0.5, 0.6) is 0 Å². The summed E-state index contributed by atoms with van der Waals surface area (Å²) in [6, 6.07) is 3.03. The molecule has 120 valence electrons. The van der Waals surface area contributed by atoms with Gasteiger partial charge in [-0.3, -0.25) is 14.9 Å². The van der Waals surface area contributed by atoms with E-state index in [4.69, 9.17) is 5.11 Å². The van der Waals surface area contributed by atoms with Gasteiger partial charge in [0.25, 0.3) is 5.69 Å². The minimum Gasteiger partial charge on any atom is -0.480 e. The fourth-order valence-electron chi connectivity index (χ4n) is 1.81. The van der Waals surface area contributed by atoms with Crippen LogP contribution in [0.4, 0.5) is 5.69 Å². The van der Waals surface area contributed by atoms with E-state index in [1.807, 2.05) is 0 Å². The second-order valence-electron chi connectivity index (χ2n) is 4.49. The first kappa shape index (κ1) is 17.8. The molecule has 1 unspecified atom stereocenters. The molecule has 1 N–H and O–H groups in total. The number of rotatable bonds is 8. The van der Waals surface area contributed by atoms with Crippen LogP contribution in [0.15, 0.2) is 41.8 Å². The summed E-state index contributed by atoms with van der Waals surface area (Å²) in [5.41, 5.74) is -0.247. The second-order valence-corrected chi connectivity index (χ2v) is 6.49. The maximum atomic E-state index is 12.4. The van der Waals surface area contributed by atoms with Gasteiger partial charge in [-0.1, -0.05) is 6.08 Å². The molecule has 0 amide bonds. The van der Waals surface area contributed by atoms with E-state index >= 15 is 0 Å². The number of aliphatic carboxylic acids is 1. The maximum Gasteiger partial charge on any atom is 0.322 e. The molecule has 0 saturated carbocycles. The van der Waals surface area contributed by atoms with Crippen LogP contribution in [0, 0.1) is 10.1 Å². The van der Waals surface area contributed by atoms with Crippen molar-refractivity contribution in [3.05, 3.63) is 47.0 Å². The van der Waals surface area contributed by atoms with Gasteiger partial charge in [0.1, 0.15) is 6.04 Å². The summed E-state index contributed by atoms with van der Waals surface area (Å²) in [5, 5.41) is 19.7. The quantitative estimate of drug-likeness (QED) is 0.440. The maximum absolute atomic E-state index is 12.4. The molecule has 9 heteroatoms. The lowest BCUT2D eigenvalue weighted by Gasteiger charge is -2.23. The van der Waals surface area contributed by atoms with Gasteiger partial charge in [0.15, 0.2) is 0 Å². The highest BCUT2D eigenvalue weighted by Gasteiger charge is 2.32. The van der Waals surface area contributed by atoms with Gasteiger partial charge in [0, 0.05) is 19.2 Å². The lowest BCUT2D eigenvalue weighted by atomic mass is 10.1. The molecule has 0 aliphatic rings. The molecule has 1 atom stereocenters. The SMILES string of the molecule is C=CCCC(C(=O)O)N(C)S(=O)(=O)c1ccc([N+](=O)[O-])cc1. The van der Waals surface area contributed by atoms with E-state index < -0.39 is 27.0 Å². The van der Waals surface area contributed by atoms with Crippen LogP contribution in [-0.2, 0) is 14.8 Å². The van der Waals surface area contributed by atoms with Crippen LogP contribution < -0.4 is 0 Å². The Bertz CT molecular complexity index is 668. The lowest BCUT2D eigenvalue weighted by molar-refractivity contribution is -0.384. The number of non-ortho nitro benzene ring substituents is 1. The molecule has 0 spiro atoms. The van der Waals surface area contributed by atoms with E-state index in [9.17, 15) is 23.3 Å². The first-order valence-electron chi connectivity index (χ1n) is 6.28. The summed E-state index contributed by atoms with van der Waals surface area (Å²) in [6.07, 6.45) is 1.93. The number of carbonyl (C=O) groups is 1. The zero-order chi connectivity index (χ0) is 16.9. The third kappa shape index (κ3) is 3.89. The molecule has 22 heavy (non-hydrogen) atoms. The second kappa shape index (κ2) is 7.14. The number of allylic oxidation sites excluding steroid dienone is 1. The molecular formula is C13H16N2O6S. The van der Waals surface area contributed by atoms with Gasteiger partial charge in [0.05, 0.1) is 9.82 Å². The van der Waals surface area contributed by atoms with Gasteiger partial charge in [-0.25, -0.2) is 8.42 Å². The van der Waals surface area contributed by atoms with Crippen molar-refractivity contribution in [1.82, 2.24) is 4.31 Å². The minimum atomic E-state index is -4.06. The molecular weight excluding hydrogens is 312 g/mol. The molecule has 0 aliphatic carbocycles. The number of carboxylic acid groups (broad SMARTS) is 1. The minimum absolute atomic E-state index is 0.0849. The van der Waals surface area contributed by atoms with E-state index in [1.54, 1.807) is 0 Å². The molecule has 8 nitrogen and oxygen atoms in total. The topological polar surface area (TPSA) is 118 Å². The number of hydrogen-bond donors (Lipinski definition) is 1. The van der Waals surface area contributed by atoms with E-state index in [0.717, 1.165) is 28.6 Å². The molecule has 1 rings (SSSR count). The van der Waals surface area contributed by atoms with Crippen molar-refractivity contribution in [1.29, 1.82) is 0 Å². The van der Waals surface area contributed by atoms with Crippen LogP contribution in [0.1, 0.15) is 12.8 Å². The Labute approximate surface area is 127 Å². The number of nitrogens with zero attached hydrogens (tertiary/aromatic N) is 2. The van der Waals surface area contributed by atoms with E-state index in [0.29, 0.717) is 6.42 Å². The van der Waals surface area contributed by atoms with Crippen molar-refractivity contribution < 1.29 is 23.2 Å². The fourth-order valence-corrected chi connectivity index (χ4v) is 3.15. The Hall–Kier alpha value is -2.26. The smallest absolute Gasteiger partial charge is 0.322 e. The van der Waals surface area contributed by atoms with Crippen molar-refractivity contribution in [3.63, 3.8) is 0 Å². The lowest BCUT2D eigenvalue weighted by Crippen LogP contribution is -2.42. The van der Waals surface area contributed by atoms with E-state index in [-0.39, 0.29) is 17.0 Å². The van der Waals surface area contributed by atoms with Crippen LogP contribution in [0.25, 0.3) is 0 Å². The molecule has 0 bridgehead atoms. The third-order valence-corrected chi connectivity index (χ3v) is 4.97. The average Bonchev–Trinajstić information content (AvgIpc) is 2.47. The molecule has 1 aromatic carbocycles. The highest BCUT2D eigenvalue weighted by atomic mass is 32.2. The zero-order valence-corrected chi connectivity index (χ0v) is 12.7. The monoisotopic (exact) mass is 328 g/mol. The third-order valence-electron chi connectivity index (χ3n) is 3.09. The predicted octanol–water partition coefficient (Wildman–Crippen LogP) is 1.63. The van der Waals surface area contributed by atoms with Crippen LogP contribution >= 0.6 is 0 Å². The van der Waals surface area contributed by atoms with Gasteiger partial charge >= 0.3 is 5.97 Å². The predicted molar refractivity (Wildman–Crippen MR) is 78.9 cm³/mol. The Kier molecular flexibility index (Phi) is 5.77. The van der Waals surface area contributed by atoms with Gasteiger partial charge in [0.2, 0.25) is 10.0 Å². The van der Waals surface area contributed by atoms with Crippen molar-refractivity contribution in [2.24, 2.45) is 0 Å². The highest BCUT2D eigenvalue weighted by Crippen LogP contribution is 2.21. The molecule has 0 radical (unpaired) electrons. The number of nitro benzene ring substituents is 1. The fraction of sp³-hybridized carbons (Fsp3) is 0.308. The summed E-state index contributed by atoms with van der Waals surface area (Å²) in [5.74, 6) is -1.27. The summed E-state index contributed by atoms with van der Waals surface area (Å²) < 4.78 is 25.5. The molecule has 1 aromatic rings. The number of nitro groups is 1. The summed E-state index contributed by atoms with van der Waals surface area (Å²) >= 11 is 0. The van der Waals surface area contributed by atoms with Gasteiger partial charge in [-0.2, -0.15) is 4.31 Å². The normalized spacial score (nSPS) is 12.8. The Morgan fingerprint density at radius 1 is 1.45 bits per heavy atom. The van der Waals surface area contributed by atoms with Crippen molar-refractivity contribution in [3.8, 4) is 0 Å². The molecule has 0 heterocycles. The van der Waals surface area contributed by atoms with Crippen LogP contribution in [-0.4, -0.2) is 41.8 Å². The van der Waals surface area contributed by atoms with E-state index in [1.165, 1.54) is 13.1 Å². The highest BCUT2D eigenvalue weighted by molar-refractivity contribution is 7.89. The van der Waals surface area contributed by atoms with Crippen molar-refractivity contribution in [2.75, 3.05) is 7.05 Å². The number of hydrogen-bond acceptors (Lipinski definition) is 5. The van der Waals surface area contributed by atoms with Crippen molar-refractivity contribution >= 4 is 21.7 Å². The largest absolute Gasteiger partial charge is 0.480 e. The van der Waals surface area contributed by atoms with Crippen molar-refractivity contribution in [2.45, 2.75) is 23.8 Å². The van der Waals surface area contributed by atoms with Gasteiger partial charge in [-0.05, 0) is 25.0 Å². The van der Waals surface area contributed by atoms with Gasteiger partial charge in [-0.15, -0.1) is 6.58 Å². The number of benzene rings is 1. The first-order valence-corrected chi connectivity index (χ1v) is 7.72. The molecule has 0 aromatic heterocycles. The Balaban J connectivity index is 3.12. The summed E-state index contributed by atoms with van der Waals surface area (Å²) in [7, 11) is -2.90. The standard InChI is InChI=1S/C13H16N2O6S/c1-3-4-5-12(13(16)17)14(2)22(20,21)11-8-6-10(7-9-11)15(18)19/h3,6-9,12H,1,4-5H2,2H3,(H,16,17). The molecule has 0 saturated heterocycles. The number of carboxylic acids is 1. The Morgan fingerprint density at radius 2 is 2.00 bits per heavy atom. The summed E-state index contributed by atoms with van der Waals surface area (Å²) in [6.45, 7) is 3.47. The molecule has 0 fully saturated rings.